The van der Waals surface area contributed by atoms with Crippen molar-refractivity contribution in [3.05, 3.63) is 109 Å². The minimum atomic E-state index is -1.14. The van der Waals surface area contributed by atoms with Gasteiger partial charge in [-0.05, 0) is 83.5 Å². The van der Waals surface area contributed by atoms with Crippen molar-refractivity contribution in [1.82, 2.24) is 0 Å². The Labute approximate surface area is 353 Å². The first-order chi connectivity index (χ1) is 28.1. The van der Waals surface area contributed by atoms with Gasteiger partial charge in [-0.15, -0.1) is 0 Å². The smallest absolute Gasteiger partial charge is 0.306 e. The van der Waals surface area contributed by atoms with Crippen LogP contribution in [0.2, 0.25) is 0 Å². The monoisotopic (exact) mass is 806 g/mol. The minimum absolute atomic E-state index is 0.0101. The third-order valence-corrected chi connectivity index (χ3v) is 8.97. The SMILES string of the molecule is CC/C=C/C=C/C=C/CCCCCCCC(=O)OC(COCCC(C(=O)[O-])[N+](C)(C)C)COC(=O)CCCC/C=C/C/C=C/C/C=C/C/C=C/C/C=C/C/C=C/CC. The number of ether oxygens (including phenoxy) is 3. The van der Waals surface area contributed by atoms with Crippen LogP contribution in [0.15, 0.2) is 109 Å². The Bertz CT molecular complexity index is 1310. The summed E-state index contributed by atoms with van der Waals surface area (Å²) in [5, 5.41) is 11.6. The summed E-state index contributed by atoms with van der Waals surface area (Å²) in [5.74, 6) is -1.84. The number of hydrogen-bond donors (Lipinski definition) is 0. The van der Waals surface area contributed by atoms with Crippen LogP contribution in [0.4, 0.5) is 0 Å². The zero-order valence-electron chi connectivity index (χ0n) is 36.9. The molecular formula is C50H79NO7. The molecular weight excluding hydrogens is 727 g/mol. The molecule has 0 bridgehead atoms. The molecule has 8 nitrogen and oxygen atoms in total. The molecule has 0 saturated heterocycles. The van der Waals surface area contributed by atoms with Gasteiger partial charge < -0.3 is 28.6 Å². The molecule has 0 aliphatic heterocycles. The molecule has 0 aliphatic rings. The summed E-state index contributed by atoms with van der Waals surface area (Å²) < 4.78 is 17.1. The Kier molecular flexibility index (Phi) is 37.0. The first-order valence-corrected chi connectivity index (χ1v) is 21.9. The lowest BCUT2D eigenvalue weighted by molar-refractivity contribution is -0.889. The van der Waals surface area contributed by atoms with Crippen LogP contribution in [0.5, 0.6) is 0 Å². The maximum absolute atomic E-state index is 12.7. The number of allylic oxidation sites excluding steroid dienone is 18. The van der Waals surface area contributed by atoms with Crippen molar-refractivity contribution >= 4 is 17.9 Å². The predicted molar refractivity (Wildman–Crippen MR) is 240 cm³/mol. The topological polar surface area (TPSA) is 102 Å². The Balaban J connectivity index is 4.46. The zero-order chi connectivity index (χ0) is 42.8. The Morgan fingerprint density at radius 2 is 1.00 bits per heavy atom. The van der Waals surface area contributed by atoms with Gasteiger partial charge in [0, 0.05) is 19.3 Å². The number of carboxylic acid groups (broad SMARTS) is 1. The third kappa shape index (κ3) is 37.6. The molecule has 0 aliphatic carbocycles. The van der Waals surface area contributed by atoms with Crippen LogP contribution in [0.3, 0.4) is 0 Å². The Hall–Kier alpha value is -4.01. The van der Waals surface area contributed by atoms with Crippen LogP contribution in [-0.4, -0.2) is 75.5 Å². The first kappa shape index (κ1) is 54.0. The number of hydrogen-bond acceptors (Lipinski definition) is 7. The second kappa shape index (κ2) is 39.8. The van der Waals surface area contributed by atoms with E-state index < -0.39 is 18.1 Å². The predicted octanol–water partition coefficient (Wildman–Crippen LogP) is 10.7. The molecule has 0 spiro atoms. The zero-order valence-corrected chi connectivity index (χ0v) is 36.9. The summed E-state index contributed by atoms with van der Waals surface area (Å²) in [6.45, 7) is 4.31. The third-order valence-electron chi connectivity index (χ3n) is 8.97. The van der Waals surface area contributed by atoms with Crippen molar-refractivity contribution in [2.75, 3.05) is 41.0 Å². The Morgan fingerprint density at radius 1 is 0.534 bits per heavy atom. The number of quaternary nitrogens is 1. The van der Waals surface area contributed by atoms with Crippen molar-refractivity contribution in [3.8, 4) is 0 Å². The van der Waals surface area contributed by atoms with Gasteiger partial charge in [-0.3, -0.25) is 9.59 Å². The minimum Gasteiger partial charge on any atom is -0.544 e. The first-order valence-electron chi connectivity index (χ1n) is 21.9. The van der Waals surface area contributed by atoms with Crippen molar-refractivity contribution in [2.45, 2.75) is 148 Å². The van der Waals surface area contributed by atoms with Crippen LogP contribution >= 0.6 is 0 Å². The number of rotatable bonds is 37. The van der Waals surface area contributed by atoms with Crippen LogP contribution in [0.1, 0.15) is 136 Å². The van der Waals surface area contributed by atoms with Gasteiger partial charge in [-0.25, -0.2) is 0 Å². The van der Waals surface area contributed by atoms with Gasteiger partial charge in [-0.1, -0.05) is 142 Å². The van der Waals surface area contributed by atoms with E-state index in [2.05, 4.69) is 111 Å². The van der Waals surface area contributed by atoms with Crippen molar-refractivity contribution in [3.63, 3.8) is 0 Å². The summed E-state index contributed by atoms with van der Waals surface area (Å²) in [6.07, 6.45) is 54.0. The standard InChI is InChI=1S/C50H79NO7/c1-6-8-10-12-14-16-18-20-21-22-23-24-25-26-27-29-30-32-34-36-38-40-48(52)57-45-46(44-56-43-42-47(50(54)55)51(3,4)5)58-49(53)41-39-37-35-33-31-28-19-17-15-13-11-9-7-2/h8-11,13-17,19-21,23-24,26-27,30,32,46-47H,6-7,12,18,22,25,28-29,31,33-45H2,1-5H3/b10-8+,11-9+,15-13+,16-14+,19-17+,21-20+,24-23+,27-26+,32-30+. The fourth-order valence-corrected chi connectivity index (χ4v) is 5.60. The molecule has 2 unspecified atom stereocenters. The highest BCUT2D eigenvalue weighted by molar-refractivity contribution is 5.70. The lowest BCUT2D eigenvalue weighted by Crippen LogP contribution is -2.55. The molecule has 0 fully saturated rings. The molecule has 0 radical (unpaired) electrons. The summed E-state index contributed by atoms with van der Waals surface area (Å²) in [6, 6.07) is -0.743. The van der Waals surface area contributed by atoms with Crippen LogP contribution in [0, 0.1) is 0 Å². The molecule has 0 saturated carbocycles. The van der Waals surface area contributed by atoms with Crippen LogP contribution in [0.25, 0.3) is 0 Å². The highest BCUT2D eigenvalue weighted by Crippen LogP contribution is 2.12. The molecule has 58 heavy (non-hydrogen) atoms. The fraction of sp³-hybridized carbons (Fsp3) is 0.580. The van der Waals surface area contributed by atoms with Gasteiger partial charge >= 0.3 is 11.9 Å². The van der Waals surface area contributed by atoms with Gasteiger partial charge in [0.25, 0.3) is 0 Å². The van der Waals surface area contributed by atoms with E-state index in [4.69, 9.17) is 14.2 Å². The summed E-state index contributed by atoms with van der Waals surface area (Å²) in [5.41, 5.74) is 0. The van der Waals surface area contributed by atoms with Crippen LogP contribution < -0.4 is 5.11 Å². The summed E-state index contributed by atoms with van der Waals surface area (Å²) >= 11 is 0. The maximum atomic E-state index is 12.7. The van der Waals surface area contributed by atoms with E-state index in [9.17, 15) is 19.5 Å². The molecule has 0 N–H and O–H groups in total. The van der Waals surface area contributed by atoms with Gasteiger partial charge in [0.05, 0.1) is 40.3 Å². The lowest BCUT2D eigenvalue weighted by Gasteiger charge is -2.34. The number of carboxylic acids is 1. The molecule has 0 aromatic carbocycles. The van der Waals surface area contributed by atoms with Crippen molar-refractivity contribution in [1.29, 1.82) is 0 Å². The Morgan fingerprint density at radius 3 is 1.57 bits per heavy atom. The van der Waals surface area contributed by atoms with E-state index >= 15 is 0 Å². The van der Waals surface area contributed by atoms with E-state index in [1.54, 1.807) is 21.1 Å². The lowest BCUT2D eigenvalue weighted by atomic mass is 10.1. The summed E-state index contributed by atoms with van der Waals surface area (Å²) in [7, 11) is 5.37. The van der Waals surface area contributed by atoms with Gasteiger partial charge in [0.1, 0.15) is 12.6 Å². The molecule has 0 aromatic heterocycles. The quantitative estimate of drug-likeness (QED) is 0.0203. The largest absolute Gasteiger partial charge is 0.544 e. The average molecular weight is 806 g/mol. The number of likely N-dealkylation sites (N-methyl/N-ethyl adjacent to an activating group) is 1. The molecule has 0 aromatic rings. The second-order valence-corrected chi connectivity index (χ2v) is 15.2. The van der Waals surface area contributed by atoms with Crippen molar-refractivity contribution in [2.24, 2.45) is 0 Å². The maximum Gasteiger partial charge on any atom is 0.306 e. The number of carbonyl (C=O) groups is 3. The molecule has 8 heteroatoms. The number of aliphatic carboxylic acids is 1. The van der Waals surface area contributed by atoms with Gasteiger partial charge in [0.15, 0.2) is 6.10 Å². The van der Waals surface area contributed by atoms with E-state index in [-0.39, 0.29) is 55.5 Å². The summed E-state index contributed by atoms with van der Waals surface area (Å²) in [4.78, 5) is 36.8. The molecule has 0 rings (SSSR count). The van der Waals surface area contributed by atoms with E-state index in [1.165, 1.54) is 0 Å². The molecule has 0 heterocycles. The number of esters is 2. The number of carbonyl (C=O) groups excluding carboxylic acids is 3. The van der Waals surface area contributed by atoms with Crippen molar-refractivity contribution < 1.29 is 38.2 Å². The number of unbranched alkanes of at least 4 members (excludes halogenated alkanes) is 7. The van der Waals surface area contributed by atoms with E-state index in [1.807, 2.05) is 12.2 Å². The second-order valence-electron chi connectivity index (χ2n) is 15.2. The number of nitrogens with zero attached hydrogens (tertiary/aromatic N) is 1. The highest BCUT2D eigenvalue weighted by Gasteiger charge is 2.25. The molecule has 326 valence electrons. The molecule has 2 atom stereocenters. The average Bonchev–Trinajstić information content (AvgIpc) is 3.18. The van der Waals surface area contributed by atoms with E-state index in [0.717, 1.165) is 96.3 Å². The normalized spacial score (nSPS) is 14.0. The van der Waals surface area contributed by atoms with Gasteiger partial charge in [0.2, 0.25) is 0 Å². The fourth-order valence-electron chi connectivity index (χ4n) is 5.60. The van der Waals surface area contributed by atoms with Crippen LogP contribution in [-0.2, 0) is 28.6 Å². The molecule has 0 amide bonds. The van der Waals surface area contributed by atoms with Gasteiger partial charge in [-0.2, -0.15) is 0 Å². The van der Waals surface area contributed by atoms with E-state index in [0.29, 0.717) is 6.42 Å². The highest BCUT2D eigenvalue weighted by atomic mass is 16.6.